The number of aryl methyl sites for hydroxylation is 1. The topological polar surface area (TPSA) is 57.6 Å². The van der Waals surface area contributed by atoms with Crippen LogP contribution >= 0.6 is 0 Å². The first kappa shape index (κ1) is 14.3. The van der Waals surface area contributed by atoms with E-state index in [2.05, 4.69) is 0 Å². The molecule has 4 nitrogen and oxygen atoms in total. The summed E-state index contributed by atoms with van der Waals surface area (Å²) in [6.07, 6.45) is 5.08. The van der Waals surface area contributed by atoms with Crippen molar-refractivity contribution < 1.29 is 14.7 Å². The van der Waals surface area contributed by atoms with E-state index in [1.807, 2.05) is 20.0 Å². The molecule has 0 heterocycles. The van der Waals surface area contributed by atoms with Gasteiger partial charge in [0, 0.05) is 25.2 Å². The first-order valence-corrected chi connectivity index (χ1v) is 6.74. The summed E-state index contributed by atoms with van der Waals surface area (Å²) in [6, 6.07) is 5.35. The summed E-state index contributed by atoms with van der Waals surface area (Å²) in [7, 11) is 1.83. The molecule has 20 heavy (non-hydrogen) atoms. The normalized spacial score (nSPS) is 14.5. The molecule has 0 spiro atoms. The number of benzene rings is 1. The Morgan fingerprint density at radius 1 is 1.40 bits per heavy atom. The average molecular weight is 273 g/mol. The molecule has 4 heteroatoms. The fourth-order valence-corrected chi connectivity index (χ4v) is 2.15. The number of carboxylic acid groups (broad SMARTS) is 1. The van der Waals surface area contributed by atoms with Crippen molar-refractivity contribution >= 4 is 18.0 Å². The van der Waals surface area contributed by atoms with Gasteiger partial charge in [-0.15, -0.1) is 0 Å². The van der Waals surface area contributed by atoms with Crippen molar-refractivity contribution in [1.82, 2.24) is 4.90 Å². The third-order valence-corrected chi connectivity index (χ3v) is 3.50. The van der Waals surface area contributed by atoms with Crippen molar-refractivity contribution in [2.24, 2.45) is 5.92 Å². The monoisotopic (exact) mass is 273 g/mol. The Balaban J connectivity index is 2.11. The number of amides is 1. The maximum absolute atomic E-state index is 12.3. The quantitative estimate of drug-likeness (QED) is 0.839. The Hall–Kier alpha value is -2.10. The number of hydrogen-bond donors (Lipinski definition) is 1. The second kappa shape index (κ2) is 5.90. The smallest absolute Gasteiger partial charge is 0.328 e. The van der Waals surface area contributed by atoms with Crippen molar-refractivity contribution in [2.45, 2.75) is 19.8 Å². The van der Waals surface area contributed by atoms with Crippen molar-refractivity contribution in [3.8, 4) is 0 Å². The van der Waals surface area contributed by atoms with Crippen LogP contribution < -0.4 is 0 Å². The minimum Gasteiger partial charge on any atom is -0.478 e. The first-order valence-electron chi connectivity index (χ1n) is 6.74. The van der Waals surface area contributed by atoms with Crippen LogP contribution in [0.25, 0.3) is 6.08 Å². The highest BCUT2D eigenvalue weighted by atomic mass is 16.4. The second-order valence-corrected chi connectivity index (χ2v) is 5.37. The summed E-state index contributed by atoms with van der Waals surface area (Å²) in [6.45, 7) is 2.69. The molecule has 0 saturated heterocycles. The maximum Gasteiger partial charge on any atom is 0.328 e. The van der Waals surface area contributed by atoms with Gasteiger partial charge in [0.25, 0.3) is 5.91 Å². The van der Waals surface area contributed by atoms with Gasteiger partial charge >= 0.3 is 5.97 Å². The molecule has 0 aliphatic heterocycles. The first-order chi connectivity index (χ1) is 9.47. The Kier molecular flexibility index (Phi) is 4.23. The number of carbonyl (C=O) groups is 2. The van der Waals surface area contributed by atoms with Gasteiger partial charge in [-0.1, -0.05) is 6.07 Å². The third kappa shape index (κ3) is 3.70. The minimum absolute atomic E-state index is 0.0220. The van der Waals surface area contributed by atoms with E-state index in [4.69, 9.17) is 5.11 Å². The fraction of sp³-hybridized carbons (Fsp3) is 0.375. The highest BCUT2D eigenvalue weighted by Crippen LogP contribution is 2.29. The minimum atomic E-state index is -0.978. The second-order valence-electron chi connectivity index (χ2n) is 5.37. The summed E-state index contributed by atoms with van der Waals surface area (Å²) in [5.74, 6) is -0.287. The van der Waals surface area contributed by atoms with E-state index >= 15 is 0 Å². The summed E-state index contributed by atoms with van der Waals surface area (Å²) >= 11 is 0. The van der Waals surface area contributed by atoms with Crippen LogP contribution in [0.2, 0.25) is 0 Å². The molecule has 1 saturated carbocycles. The summed E-state index contributed by atoms with van der Waals surface area (Å²) in [5.41, 5.74) is 2.36. The van der Waals surface area contributed by atoms with Crippen molar-refractivity contribution in [1.29, 1.82) is 0 Å². The lowest BCUT2D eigenvalue weighted by Crippen LogP contribution is -2.28. The Bertz CT molecular complexity index is 559. The van der Waals surface area contributed by atoms with E-state index in [1.165, 1.54) is 12.8 Å². The molecule has 0 radical (unpaired) electrons. The van der Waals surface area contributed by atoms with Gasteiger partial charge < -0.3 is 10.0 Å². The Morgan fingerprint density at radius 3 is 2.65 bits per heavy atom. The lowest BCUT2D eigenvalue weighted by Gasteiger charge is -2.17. The molecule has 1 aliphatic rings. The van der Waals surface area contributed by atoms with Crippen LogP contribution in [0, 0.1) is 12.8 Å². The molecule has 106 valence electrons. The van der Waals surface area contributed by atoms with Crippen molar-refractivity contribution in [3.05, 3.63) is 41.0 Å². The zero-order chi connectivity index (χ0) is 14.7. The van der Waals surface area contributed by atoms with E-state index in [-0.39, 0.29) is 5.91 Å². The molecule has 1 amide bonds. The standard InChI is InChI=1S/C16H19NO3/c1-11-9-14(6-5-13(11)7-8-15(18)19)16(20)17(2)10-12-3-4-12/h5-9,12H,3-4,10H2,1-2H3,(H,18,19)/b8-7+. The molecule has 0 unspecified atom stereocenters. The van der Waals surface area contributed by atoms with E-state index in [0.29, 0.717) is 11.5 Å². The molecule has 2 rings (SSSR count). The van der Waals surface area contributed by atoms with Crippen LogP contribution in [0.5, 0.6) is 0 Å². The van der Waals surface area contributed by atoms with Crippen LogP contribution in [0.15, 0.2) is 24.3 Å². The molecule has 1 N–H and O–H groups in total. The average Bonchev–Trinajstić information content (AvgIpc) is 3.20. The lowest BCUT2D eigenvalue weighted by atomic mass is 10.0. The summed E-state index contributed by atoms with van der Waals surface area (Å²) < 4.78 is 0. The molecule has 0 atom stereocenters. The lowest BCUT2D eigenvalue weighted by molar-refractivity contribution is -0.131. The SMILES string of the molecule is Cc1cc(C(=O)N(C)CC2CC2)ccc1/C=C/C(=O)O. The molecular weight excluding hydrogens is 254 g/mol. The van der Waals surface area contributed by atoms with E-state index in [9.17, 15) is 9.59 Å². The molecular formula is C16H19NO3. The number of nitrogens with zero attached hydrogens (tertiary/aromatic N) is 1. The molecule has 0 bridgehead atoms. The highest BCUT2D eigenvalue weighted by Gasteiger charge is 2.25. The van der Waals surface area contributed by atoms with E-state index in [0.717, 1.165) is 23.7 Å². The van der Waals surface area contributed by atoms with E-state index < -0.39 is 5.97 Å². The van der Waals surface area contributed by atoms with E-state index in [1.54, 1.807) is 23.1 Å². The summed E-state index contributed by atoms with van der Waals surface area (Å²) in [4.78, 5) is 24.5. The third-order valence-electron chi connectivity index (χ3n) is 3.50. The van der Waals surface area contributed by atoms with Gasteiger partial charge in [0.2, 0.25) is 0 Å². The molecule has 1 aromatic carbocycles. The van der Waals surface area contributed by atoms with Crippen molar-refractivity contribution in [2.75, 3.05) is 13.6 Å². The van der Waals surface area contributed by atoms with Gasteiger partial charge in [0.05, 0.1) is 0 Å². The Labute approximate surface area is 118 Å². The molecule has 1 aromatic rings. The molecule has 1 fully saturated rings. The van der Waals surface area contributed by atoms with Crippen LogP contribution in [0.1, 0.15) is 34.3 Å². The Morgan fingerprint density at radius 2 is 2.10 bits per heavy atom. The summed E-state index contributed by atoms with van der Waals surface area (Å²) in [5, 5.41) is 8.62. The van der Waals surface area contributed by atoms with Crippen LogP contribution in [-0.2, 0) is 4.79 Å². The number of rotatable bonds is 5. The van der Waals surface area contributed by atoms with Gasteiger partial charge in [-0.3, -0.25) is 4.79 Å². The predicted octanol–water partition coefficient (Wildman–Crippen LogP) is 2.57. The largest absolute Gasteiger partial charge is 0.478 e. The van der Waals surface area contributed by atoms with Gasteiger partial charge in [-0.2, -0.15) is 0 Å². The van der Waals surface area contributed by atoms with Crippen LogP contribution in [0.3, 0.4) is 0 Å². The highest BCUT2D eigenvalue weighted by molar-refractivity contribution is 5.94. The predicted molar refractivity (Wildman–Crippen MR) is 77.5 cm³/mol. The maximum atomic E-state index is 12.3. The number of hydrogen-bond acceptors (Lipinski definition) is 2. The van der Waals surface area contributed by atoms with Gasteiger partial charge in [-0.05, 0) is 55.0 Å². The number of carbonyl (C=O) groups excluding carboxylic acids is 1. The fourth-order valence-electron chi connectivity index (χ4n) is 2.15. The number of carboxylic acids is 1. The van der Waals surface area contributed by atoms with Crippen molar-refractivity contribution in [3.63, 3.8) is 0 Å². The van der Waals surface area contributed by atoms with Gasteiger partial charge in [0.1, 0.15) is 0 Å². The molecule has 1 aliphatic carbocycles. The molecule has 0 aromatic heterocycles. The zero-order valence-electron chi connectivity index (χ0n) is 11.8. The van der Waals surface area contributed by atoms with Crippen LogP contribution in [0.4, 0.5) is 0 Å². The van der Waals surface area contributed by atoms with Gasteiger partial charge in [-0.25, -0.2) is 4.79 Å². The van der Waals surface area contributed by atoms with Crippen LogP contribution in [-0.4, -0.2) is 35.5 Å². The zero-order valence-corrected chi connectivity index (χ0v) is 11.8. The van der Waals surface area contributed by atoms with Gasteiger partial charge in [0.15, 0.2) is 0 Å². The number of aliphatic carboxylic acids is 1.